The second-order valence-corrected chi connectivity index (χ2v) is 6.10. The van der Waals surface area contributed by atoms with Gasteiger partial charge in [-0.2, -0.15) is 0 Å². The molecule has 0 aromatic heterocycles. The van der Waals surface area contributed by atoms with Crippen molar-refractivity contribution in [3.63, 3.8) is 0 Å². The van der Waals surface area contributed by atoms with Crippen molar-refractivity contribution < 1.29 is 8.42 Å². The smallest absolute Gasteiger partial charge is 0.240 e. The summed E-state index contributed by atoms with van der Waals surface area (Å²) in [5, 5.41) is 0. The largest absolute Gasteiger partial charge is 0.398 e. The average Bonchev–Trinajstić information content (AvgIpc) is 2.24. The monoisotopic (exact) mass is 266 g/mol. The summed E-state index contributed by atoms with van der Waals surface area (Å²) in [5.74, 6) is 2.42. The number of nitrogens with two attached hydrogens (primary N) is 1. The zero-order chi connectivity index (χ0) is 13.9. The standard InChI is InChI=1S/C13H18N2O2S/c1-5-6-10(3)15-18(16,17)12-7-9(2)11(4)13(14)8-12/h1,7-8,10,15H,6,14H2,2-4H3. The van der Waals surface area contributed by atoms with Gasteiger partial charge in [-0.1, -0.05) is 0 Å². The Balaban J connectivity index is 3.10. The Kier molecular flexibility index (Phi) is 4.38. The third-order valence-electron chi connectivity index (χ3n) is 2.77. The number of hydrogen-bond donors (Lipinski definition) is 2. The maximum absolute atomic E-state index is 12.1. The van der Waals surface area contributed by atoms with Crippen LogP contribution in [0.2, 0.25) is 0 Å². The normalized spacial score (nSPS) is 13.0. The molecule has 4 nitrogen and oxygen atoms in total. The van der Waals surface area contributed by atoms with E-state index in [4.69, 9.17) is 12.2 Å². The van der Waals surface area contributed by atoms with Crippen LogP contribution in [0.3, 0.4) is 0 Å². The maximum atomic E-state index is 12.1. The van der Waals surface area contributed by atoms with E-state index in [1.165, 1.54) is 6.07 Å². The van der Waals surface area contributed by atoms with Crippen molar-refractivity contribution in [3.8, 4) is 12.3 Å². The van der Waals surface area contributed by atoms with Crippen LogP contribution in [0.5, 0.6) is 0 Å². The molecular formula is C13H18N2O2S. The lowest BCUT2D eigenvalue weighted by Crippen LogP contribution is -2.32. The van der Waals surface area contributed by atoms with Crippen molar-refractivity contribution in [1.82, 2.24) is 4.72 Å². The molecule has 1 unspecified atom stereocenters. The highest BCUT2D eigenvalue weighted by Gasteiger charge is 2.18. The van der Waals surface area contributed by atoms with Gasteiger partial charge in [-0.3, -0.25) is 0 Å². The molecular weight excluding hydrogens is 248 g/mol. The van der Waals surface area contributed by atoms with Gasteiger partial charge in [-0.25, -0.2) is 13.1 Å². The highest BCUT2D eigenvalue weighted by molar-refractivity contribution is 7.89. The Labute approximate surface area is 109 Å². The molecule has 5 heteroatoms. The first-order valence-electron chi connectivity index (χ1n) is 5.60. The number of benzene rings is 1. The molecule has 0 saturated heterocycles. The molecule has 1 rings (SSSR count). The van der Waals surface area contributed by atoms with E-state index in [9.17, 15) is 8.42 Å². The molecule has 1 aromatic rings. The number of nitrogen functional groups attached to an aromatic ring is 1. The van der Waals surface area contributed by atoms with Crippen molar-refractivity contribution in [3.05, 3.63) is 23.3 Å². The number of hydrogen-bond acceptors (Lipinski definition) is 3. The SMILES string of the molecule is C#CCC(C)NS(=O)(=O)c1cc(C)c(C)c(N)c1. The third kappa shape index (κ3) is 3.25. The van der Waals surface area contributed by atoms with Crippen molar-refractivity contribution in [1.29, 1.82) is 0 Å². The Morgan fingerprint density at radius 1 is 1.44 bits per heavy atom. The second-order valence-electron chi connectivity index (χ2n) is 4.38. The molecule has 0 amide bonds. The fourth-order valence-corrected chi connectivity index (χ4v) is 2.92. The predicted molar refractivity (Wildman–Crippen MR) is 73.6 cm³/mol. The van der Waals surface area contributed by atoms with E-state index in [2.05, 4.69) is 10.6 Å². The summed E-state index contributed by atoms with van der Waals surface area (Å²) in [5.41, 5.74) is 8.00. The second kappa shape index (κ2) is 5.42. The van der Waals surface area contributed by atoms with Gasteiger partial charge < -0.3 is 5.73 Å². The first-order chi connectivity index (χ1) is 8.27. The molecule has 0 aliphatic rings. The molecule has 0 radical (unpaired) electrons. The first kappa shape index (κ1) is 14.6. The molecule has 0 aliphatic heterocycles. The number of anilines is 1. The van der Waals surface area contributed by atoms with Gasteiger partial charge in [-0.05, 0) is 44.0 Å². The van der Waals surface area contributed by atoms with Crippen molar-refractivity contribution in [2.24, 2.45) is 0 Å². The van der Waals surface area contributed by atoms with Gasteiger partial charge >= 0.3 is 0 Å². The van der Waals surface area contributed by atoms with Gasteiger partial charge in [0.15, 0.2) is 0 Å². The van der Waals surface area contributed by atoms with Crippen LogP contribution in [0.25, 0.3) is 0 Å². The summed E-state index contributed by atoms with van der Waals surface area (Å²) in [6.45, 7) is 5.41. The molecule has 0 bridgehead atoms. The zero-order valence-corrected chi connectivity index (χ0v) is 11.6. The fraction of sp³-hybridized carbons (Fsp3) is 0.385. The van der Waals surface area contributed by atoms with Crippen LogP contribution in [0.4, 0.5) is 5.69 Å². The molecule has 1 atom stereocenters. The molecule has 0 fully saturated rings. The van der Waals surface area contributed by atoms with E-state index in [-0.39, 0.29) is 10.9 Å². The van der Waals surface area contributed by atoms with E-state index < -0.39 is 10.0 Å². The van der Waals surface area contributed by atoms with Crippen LogP contribution >= 0.6 is 0 Å². The Bertz CT molecular complexity index is 562. The van der Waals surface area contributed by atoms with E-state index in [1.54, 1.807) is 13.0 Å². The minimum Gasteiger partial charge on any atom is -0.398 e. The number of terminal acetylenes is 1. The van der Waals surface area contributed by atoms with Gasteiger partial charge in [0, 0.05) is 18.2 Å². The summed E-state index contributed by atoms with van der Waals surface area (Å²) in [6.07, 6.45) is 5.50. The van der Waals surface area contributed by atoms with Gasteiger partial charge in [0.05, 0.1) is 4.90 Å². The number of aryl methyl sites for hydroxylation is 1. The molecule has 0 aliphatic carbocycles. The zero-order valence-electron chi connectivity index (χ0n) is 10.8. The lowest BCUT2D eigenvalue weighted by Gasteiger charge is -2.14. The summed E-state index contributed by atoms with van der Waals surface area (Å²) < 4.78 is 26.7. The summed E-state index contributed by atoms with van der Waals surface area (Å²) in [7, 11) is -3.57. The molecule has 3 N–H and O–H groups in total. The number of sulfonamides is 1. The summed E-state index contributed by atoms with van der Waals surface area (Å²) in [4.78, 5) is 0.173. The summed E-state index contributed by atoms with van der Waals surface area (Å²) in [6, 6.07) is 2.77. The van der Waals surface area contributed by atoms with Gasteiger partial charge in [0.25, 0.3) is 0 Å². The highest BCUT2D eigenvalue weighted by atomic mass is 32.2. The number of rotatable bonds is 4. The van der Waals surface area contributed by atoms with E-state index >= 15 is 0 Å². The number of nitrogens with one attached hydrogen (secondary N) is 1. The van der Waals surface area contributed by atoms with Crippen LogP contribution in [0.1, 0.15) is 24.5 Å². The molecule has 0 spiro atoms. The first-order valence-corrected chi connectivity index (χ1v) is 7.08. The summed E-state index contributed by atoms with van der Waals surface area (Å²) >= 11 is 0. The van der Waals surface area contributed by atoms with Crippen molar-refractivity contribution >= 4 is 15.7 Å². The fourth-order valence-electron chi connectivity index (χ4n) is 1.56. The van der Waals surface area contributed by atoms with Gasteiger partial charge in [-0.15, -0.1) is 12.3 Å². The minimum absolute atomic E-state index is 0.173. The van der Waals surface area contributed by atoms with E-state index in [0.717, 1.165) is 11.1 Å². The quantitative estimate of drug-likeness (QED) is 0.642. The van der Waals surface area contributed by atoms with Crippen LogP contribution in [0, 0.1) is 26.2 Å². The van der Waals surface area contributed by atoms with E-state index in [0.29, 0.717) is 12.1 Å². The lowest BCUT2D eigenvalue weighted by molar-refractivity contribution is 0.563. The lowest BCUT2D eigenvalue weighted by atomic mass is 10.1. The molecule has 0 saturated carbocycles. The molecule has 98 valence electrons. The minimum atomic E-state index is -3.57. The topological polar surface area (TPSA) is 72.2 Å². The van der Waals surface area contributed by atoms with Crippen molar-refractivity contribution in [2.45, 2.75) is 38.1 Å². The van der Waals surface area contributed by atoms with Crippen molar-refractivity contribution in [2.75, 3.05) is 5.73 Å². The predicted octanol–water partition coefficient (Wildman–Crippen LogP) is 1.58. The van der Waals surface area contributed by atoms with Gasteiger partial charge in [0.1, 0.15) is 0 Å². The van der Waals surface area contributed by atoms with Crippen LogP contribution in [-0.4, -0.2) is 14.5 Å². The highest BCUT2D eigenvalue weighted by Crippen LogP contribution is 2.21. The van der Waals surface area contributed by atoms with Gasteiger partial charge in [0.2, 0.25) is 10.0 Å². The Morgan fingerprint density at radius 3 is 2.56 bits per heavy atom. The molecule has 0 heterocycles. The van der Waals surface area contributed by atoms with E-state index in [1.807, 2.05) is 13.8 Å². The maximum Gasteiger partial charge on any atom is 0.240 e. The molecule has 18 heavy (non-hydrogen) atoms. The Hall–Kier alpha value is -1.51. The van der Waals surface area contributed by atoms with Crippen LogP contribution in [-0.2, 0) is 10.0 Å². The van der Waals surface area contributed by atoms with Crippen LogP contribution < -0.4 is 10.5 Å². The Morgan fingerprint density at radius 2 is 2.06 bits per heavy atom. The average molecular weight is 266 g/mol. The van der Waals surface area contributed by atoms with Crippen LogP contribution in [0.15, 0.2) is 17.0 Å². The third-order valence-corrected chi connectivity index (χ3v) is 4.34. The molecule has 1 aromatic carbocycles.